The predicted octanol–water partition coefficient (Wildman–Crippen LogP) is 0.914. The molecule has 3 N–H and O–H groups in total. The molecule has 0 spiro atoms. The Labute approximate surface area is 97.0 Å². The first-order chi connectivity index (χ1) is 7.91. The average Bonchev–Trinajstić information content (AvgIpc) is 2.26. The molecular formula is C11H12FNO4. The van der Waals surface area contributed by atoms with Crippen molar-refractivity contribution >= 4 is 11.9 Å². The Bertz CT molecular complexity index is 447. The number of carboxylic acid groups (broad SMARTS) is 1. The molecule has 0 aliphatic rings. The molecule has 0 fully saturated rings. The van der Waals surface area contributed by atoms with Gasteiger partial charge in [-0.05, 0) is 19.1 Å². The standard InChI is InChI=1S/C11H12FNO4/c1-6(11(15)16)17-5-8-3-2-7(10(13)14)4-9(8)12/h2-4,6H,5H2,1H3,(H2,13,14)(H,15,16)/t6-/m0/s1. The van der Waals surface area contributed by atoms with Crippen molar-refractivity contribution < 1.29 is 23.8 Å². The van der Waals surface area contributed by atoms with Crippen molar-refractivity contribution in [2.24, 2.45) is 5.73 Å². The molecule has 0 saturated carbocycles. The Kier molecular flexibility index (Phi) is 4.17. The molecule has 1 aromatic carbocycles. The number of amides is 1. The number of hydrogen-bond donors (Lipinski definition) is 2. The van der Waals surface area contributed by atoms with Gasteiger partial charge in [-0.1, -0.05) is 6.07 Å². The van der Waals surface area contributed by atoms with Gasteiger partial charge in [-0.3, -0.25) is 4.79 Å². The van der Waals surface area contributed by atoms with Crippen LogP contribution in [0.1, 0.15) is 22.8 Å². The number of ether oxygens (including phenoxy) is 1. The van der Waals surface area contributed by atoms with Crippen molar-refractivity contribution in [3.8, 4) is 0 Å². The van der Waals surface area contributed by atoms with Gasteiger partial charge in [0.05, 0.1) is 6.61 Å². The first-order valence-corrected chi connectivity index (χ1v) is 4.84. The van der Waals surface area contributed by atoms with Crippen LogP contribution in [-0.4, -0.2) is 23.1 Å². The topological polar surface area (TPSA) is 89.6 Å². The molecule has 17 heavy (non-hydrogen) atoms. The highest BCUT2D eigenvalue weighted by molar-refractivity contribution is 5.92. The van der Waals surface area contributed by atoms with Crippen LogP contribution in [0.15, 0.2) is 18.2 Å². The summed E-state index contributed by atoms with van der Waals surface area (Å²) in [6, 6.07) is 3.69. The van der Waals surface area contributed by atoms with Gasteiger partial charge in [0.1, 0.15) is 5.82 Å². The lowest BCUT2D eigenvalue weighted by molar-refractivity contribution is -0.149. The summed E-state index contributed by atoms with van der Waals surface area (Å²) in [6.07, 6.45) is -1.02. The number of halogens is 1. The number of benzene rings is 1. The fourth-order valence-corrected chi connectivity index (χ4v) is 1.10. The Balaban J connectivity index is 2.73. The normalized spacial score (nSPS) is 12.1. The molecule has 92 valence electrons. The quantitative estimate of drug-likeness (QED) is 0.801. The summed E-state index contributed by atoms with van der Waals surface area (Å²) in [5, 5.41) is 8.57. The van der Waals surface area contributed by atoms with Crippen LogP contribution >= 0.6 is 0 Å². The summed E-state index contributed by atoms with van der Waals surface area (Å²) in [5.74, 6) is -2.51. The number of primary amides is 1. The lowest BCUT2D eigenvalue weighted by atomic mass is 10.1. The van der Waals surface area contributed by atoms with E-state index in [2.05, 4.69) is 0 Å². The molecule has 1 aromatic rings. The zero-order chi connectivity index (χ0) is 13.0. The highest BCUT2D eigenvalue weighted by Gasteiger charge is 2.13. The summed E-state index contributed by atoms with van der Waals surface area (Å²) < 4.78 is 18.3. The van der Waals surface area contributed by atoms with E-state index < -0.39 is 23.8 Å². The molecule has 1 amide bonds. The fraction of sp³-hybridized carbons (Fsp3) is 0.273. The zero-order valence-corrected chi connectivity index (χ0v) is 9.14. The van der Waals surface area contributed by atoms with Crippen LogP contribution in [0, 0.1) is 5.82 Å². The average molecular weight is 241 g/mol. The van der Waals surface area contributed by atoms with Gasteiger partial charge in [-0.25, -0.2) is 9.18 Å². The Morgan fingerprint density at radius 1 is 1.53 bits per heavy atom. The smallest absolute Gasteiger partial charge is 0.332 e. The minimum atomic E-state index is -1.13. The van der Waals surface area contributed by atoms with E-state index in [1.807, 2.05) is 0 Å². The molecule has 0 heterocycles. The molecule has 0 aliphatic heterocycles. The van der Waals surface area contributed by atoms with E-state index in [-0.39, 0.29) is 17.7 Å². The molecule has 0 radical (unpaired) electrons. The third-order valence-electron chi connectivity index (χ3n) is 2.17. The molecule has 6 heteroatoms. The maximum Gasteiger partial charge on any atom is 0.332 e. The van der Waals surface area contributed by atoms with E-state index in [9.17, 15) is 14.0 Å². The van der Waals surface area contributed by atoms with Gasteiger partial charge in [0.15, 0.2) is 6.10 Å². The van der Waals surface area contributed by atoms with Crippen molar-refractivity contribution in [1.29, 1.82) is 0 Å². The van der Waals surface area contributed by atoms with Gasteiger partial charge >= 0.3 is 5.97 Å². The number of hydrogen-bond acceptors (Lipinski definition) is 3. The van der Waals surface area contributed by atoms with E-state index in [1.165, 1.54) is 19.1 Å². The van der Waals surface area contributed by atoms with Crippen molar-refractivity contribution in [3.63, 3.8) is 0 Å². The van der Waals surface area contributed by atoms with Crippen LogP contribution in [0.5, 0.6) is 0 Å². The second kappa shape index (κ2) is 5.40. The van der Waals surface area contributed by atoms with Gasteiger partial charge < -0.3 is 15.6 Å². The van der Waals surface area contributed by atoms with Crippen LogP contribution in [0.3, 0.4) is 0 Å². The highest BCUT2D eigenvalue weighted by Crippen LogP contribution is 2.12. The van der Waals surface area contributed by atoms with Crippen molar-refractivity contribution in [2.75, 3.05) is 0 Å². The Morgan fingerprint density at radius 3 is 2.65 bits per heavy atom. The lowest BCUT2D eigenvalue weighted by Gasteiger charge is -2.09. The maximum atomic E-state index is 13.4. The van der Waals surface area contributed by atoms with Crippen molar-refractivity contribution in [1.82, 2.24) is 0 Å². The molecule has 5 nitrogen and oxygen atoms in total. The van der Waals surface area contributed by atoms with E-state index >= 15 is 0 Å². The van der Waals surface area contributed by atoms with Crippen LogP contribution in [0.2, 0.25) is 0 Å². The lowest BCUT2D eigenvalue weighted by Crippen LogP contribution is -2.20. The van der Waals surface area contributed by atoms with Gasteiger partial charge in [-0.2, -0.15) is 0 Å². The van der Waals surface area contributed by atoms with Crippen LogP contribution in [-0.2, 0) is 16.1 Å². The number of rotatable bonds is 5. The second-order valence-corrected chi connectivity index (χ2v) is 3.46. The first kappa shape index (κ1) is 13.1. The van der Waals surface area contributed by atoms with Crippen LogP contribution < -0.4 is 5.73 Å². The van der Waals surface area contributed by atoms with Crippen molar-refractivity contribution in [2.45, 2.75) is 19.6 Å². The number of nitrogens with two attached hydrogens (primary N) is 1. The minimum absolute atomic E-state index is 0.0533. The first-order valence-electron chi connectivity index (χ1n) is 4.84. The van der Waals surface area contributed by atoms with Gasteiger partial charge in [0, 0.05) is 11.1 Å². The molecule has 0 aromatic heterocycles. The monoisotopic (exact) mass is 241 g/mol. The largest absolute Gasteiger partial charge is 0.479 e. The molecule has 1 rings (SSSR count). The van der Waals surface area contributed by atoms with E-state index in [4.69, 9.17) is 15.6 Å². The number of carboxylic acids is 1. The van der Waals surface area contributed by atoms with Crippen LogP contribution in [0.4, 0.5) is 4.39 Å². The van der Waals surface area contributed by atoms with E-state index in [1.54, 1.807) is 0 Å². The number of carbonyl (C=O) groups is 2. The van der Waals surface area contributed by atoms with Gasteiger partial charge in [-0.15, -0.1) is 0 Å². The SMILES string of the molecule is C[C@H](OCc1ccc(C(N)=O)cc1F)C(=O)O. The third-order valence-corrected chi connectivity index (χ3v) is 2.17. The predicted molar refractivity (Wildman–Crippen MR) is 56.8 cm³/mol. The summed E-state index contributed by atoms with van der Waals surface area (Å²) in [6.45, 7) is 1.16. The minimum Gasteiger partial charge on any atom is -0.479 e. The summed E-state index contributed by atoms with van der Waals surface area (Å²) >= 11 is 0. The summed E-state index contributed by atoms with van der Waals surface area (Å²) in [7, 11) is 0. The molecule has 0 bridgehead atoms. The Morgan fingerprint density at radius 2 is 2.18 bits per heavy atom. The number of aliphatic carboxylic acids is 1. The van der Waals surface area contributed by atoms with E-state index in [0.29, 0.717) is 0 Å². The number of carbonyl (C=O) groups excluding carboxylic acids is 1. The van der Waals surface area contributed by atoms with Gasteiger partial charge in [0.25, 0.3) is 0 Å². The molecule has 0 aliphatic carbocycles. The fourth-order valence-electron chi connectivity index (χ4n) is 1.10. The summed E-state index contributed by atoms with van der Waals surface area (Å²) in [4.78, 5) is 21.2. The third kappa shape index (κ3) is 3.53. The molecular weight excluding hydrogens is 229 g/mol. The summed E-state index contributed by atoms with van der Waals surface area (Å²) in [5.41, 5.74) is 5.20. The molecule has 1 atom stereocenters. The molecule has 0 unspecified atom stereocenters. The molecule has 0 saturated heterocycles. The maximum absolute atomic E-state index is 13.4. The van der Waals surface area contributed by atoms with E-state index in [0.717, 1.165) is 6.07 Å². The van der Waals surface area contributed by atoms with Crippen molar-refractivity contribution in [3.05, 3.63) is 35.1 Å². The van der Waals surface area contributed by atoms with Crippen LogP contribution in [0.25, 0.3) is 0 Å². The van der Waals surface area contributed by atoms with Gasteiger partial charge in [0.2, 0.25) is 5.91 Å². The highest BCUT2D eigenvalue weighted by atomic mass is 19.1. The Hall–Kier alpha value is -1.95. The zero-order valence-electron chi connectivity index (χ0n) is 9.14. The second-order valence-electron chi connectivity index (χ2n) is 3.46.